The Morgan fingerprint density at radius 1 is 1.23 bits per heavy atom. The van der Waals surface area contributed by atoms with E-state index < -0.39 is 0 Å². The van der Waals surface area contributed by atoms with Gasteiger partial charge in [0.25, 0.3) is 0 Å². The normalized spacial score (nSPS) is 17.7. The van der Waals surface area contributed by atoms with Crippen molar-refractivity contribution < 1.29 is 19.1 Å². The Hall–Kier alpha value is -2.54. The van der Waals surface area contributed by atoms with Gasteiger partial charge in [-0.2, -0.15) is 0 Å². The molecule has 1 aliphatic carbocycles. The van der Waals surface area contributed by atoms with Crippen molar-refractivity contribution in [2.75, 3.05) is 33.4 Å². The van der Waals surface area contributed by atoms with Gasteiger partial charge < -0.3 is 19.3 Å². The van der Waals surface area contributed by atoms with Gasteiger partial charge in [-0.15, -0.1) is 11.3 Å². The number of carbonyl (C=O) groups is 2. The van der Waals surface area contributed by atoms with Crippen molar-refractivity contribution >= 4 is 23.2 Å². The van der Waals surface area contributed by atoms with Crippen LogP contribution in [0.2, 0.25) is 0 Å². The van der Waals surface area contributed by atoms with Gasteiger partial charge in [0.2, 0.25) is 11.8 Å². The number of rotatable bonds is 9. The Balaban J connectivity index is 1.49. The summed E-state index contributed by atoms with van der Waals surface area (Å²) in [7, 11) is 1.63. The molecule has 31 heavy (non-hydrogen) atoms. The highest BCUT2D eigenvalue weighted by molar-refractivity contribution is 7.10. The lowest BCUT2D eigenvalue weighted by molar-refractivity contribution is -0.142. The number of methoxy groups -OCH3 is 1. The number of hydrogen-bond acceptors (Lipinski definition) is 5. The lowest BCUT2D eigenvalue weighted by Gasteiger charge is -2.37. The second-order valence-electron chi connectivity index (χ2n) is 8.21. The molecule has 1 aromatic heterocycles. The Morgan fingerprint density at radius 2 is 2.03 bits per heavy atom. The number of nitrogens with zero attached hydrogens (tertiary/aromatic N) is 2. The molecule has 1 unspecified atom stereocenters. The van der Waals surface area contributed by atoms with Crippen LogP contribution in [-0.2, 0) is 16.0 Å². The van der Waals surface area contributed by atoms with Crippen LogP contribution in [0.1, 0.15) is 42.7 Å². The minimum atomic E-state index is -0.159. The first-order valence-corrected chi connectivity index (χ1v) is 11.9. The van der Waals surface area contributed by atoms with Crippen molar-refractivity contribution in [1.29, 1.82) is 0 Å². The van der Waals surface area contributed by atoms with E-state index in [2.05, 4.69) is 11.4 Å². The predicted molar refractivity (Wildman–Crippen MR) is 121 cm³/mol. The lowest BCUT2D eigenvalue weighted by Crippen LogP contribution is -2.48. The SMILES string of the molecule is CCC(=O)N(CC(=O)N1CCc2sccc2C1COc1cccc(OC)c1)CC1CC1. The van der Waals surface area contributed by atoms with Gasteiger partial charge in [-0.25, -0.2) is 0 Å². The van der Waals surface area contributed by atoms with E-state index in [-0.39, 0.29) is 24.4 Å². The summed E-state index contributed by atoms with van der Waals surface area (Å²) >= 11 is 1.73. The van der Waals surface area contributed by atoms with Gasteiger partial charge in [-0.1, -0.05) is 13.0 Å². The Bertz CT molecular complexity index is 924. The molecular formula is C24H30N2O4S. The van der Waals surface area contributed by atoms with Crippen molar-refractivity contribution in [2.24, 2.45) is 5.92 Å². The zero-order chi connectivity index (χ0) is 21.8. The molecule has 6 nitrogen and oxygen atoms in total. The standard InChI is InChI=1S/C24H30N2O4S/c1-3-23(27)25(14-17-7-8-17)15-24(28)26-11-9-22-20(10-12-31-22)21(26)16-30-19-6-4-5-18(13-19)29-2/h4-6,10,12-13,17,21H,3,7-9,11,14-16H2,1-2H3. The number of hydrogen-bond donors (Lipinski definition) is 0. The molecule has 0 bridgehead atoms. The van der Waals surface area contributed by atoms with Gasteiger partial charge in [-0.05, 0) is 54.3 Å². The van der Waals surface area contributed by atoms with Crippen LogP contribution in [0, 0.1) is 5.92 Å². The average Bonchev–Trinajstić information content (AvgIpc) is 3.48. The Morgan fingerprint density at radius 3 is 2.77 bits per heavy atom. The van der Waals surface area contributed by atoms with Crippen LogP contribution in [0.15, 0.2) is 35.7 Å². The number of benzene rings is 1. The van der Waals surface area contributed by atoms with Crippen LogP contribution >= 0.6 is 11.3 Å². The largest absolute Gasteiger partial charge is 0.497 e. The molecule has 1 aromatic carbocycles. The highest BCUT2D eigenvalue weighted by Gasteiger charge is 2.34. The van der Waals surface area contributed by atoms with E-state index >= 15 is 0 Å². The summed E-state index contributed by atoms with van der Waals surface area (Å²) in [5.41, 5.74) is 1.16. The van der Waals surface area contributed by atoms with E-state index in [1.807, 2.05) is 36.1 Å². The maximum absolute atomic E-state index is 13.3. The van der Waals surface area contributed by atoms with Gasteiger partial charge >= 0.3 is 0 Å². The van der Waals surface area contributed by atoms with Gasteiger partial charge in [-0.3, -0.25) is 9.59 Å². The van der Waals surface area contributed by atoms with Crippen LogP contribution in [0.4, 0.5) is 0 Å². The summed E-state index contributed by atoms with van der Waals surface area (Å²) < 4.78 is 11.4. The molecule has 2 amide bonds. The molecular weight excluding hydrogens is 412 g/mol. The fourth-order valence-corrected chi connectivity index (χ4v) is 5.01. The second kappa shape index (κ2) is 9.73. The lowest BCUT2D eigenvalue weighted by atomic mass is 10.0. The molecule has 1 aliphatic heterocycles. The van der Waals surface area contributed by atoms with E-state index in [9.17, 15) is 9.59 Å². The van der Waals surface area contributed by atoms with E-state index in [4.69, 9.17) is 9.47 Å². The average molecular weight is 443 g/mol. The van der Waals surface area contributed by atoms with Gasteiger partial charge in [0.05, 0.1) is 19.7 Å². The molecule has 1 saturated carbocycles. The van der Waals surface area contributed by atoms with Crippen LogP contribution in [0.25, 0.3) is 0 Å². The van der Waals surface area contributed by atoms with Gasteiger partial charge in [0.1, 0.15) is 18.1 Å². The first-order chi connectivity index (χ1) is 15.1. The molecule has 166 valence electrons. The topological polar surface area (TPSA) is 59.1 Å². The fraction of sp³-hybridized carbons (Fsp3) is 0.500. The maximum Gasteiger partial charge on any atom is 0.242 e. The summed E-state index contributed by atoms with van der Waals surface area (Å²) in [5.74, 6) is 2.06. The fourth-order valence-electron chi connectivity index (χ4n) is 4.09. The van der Waals surface area contributed by atoms with Gasteiger partial charge in [0.15, 0.2) is 0 Å². The highest BCUT2D eigenvalue weighted by Crippen LogP contribution is 2.35. The van der Waals surface area contributed by atoms with Crippen molar-refractivity contribution in [2.45, 2.75) is 38.6 Å². The van der Waals surface area contributed by atoms with Crippen molar-refractivity contribution in [3.63, 3.8) is 0 Å². The molecule has 7 heteroatoms. The Labute approximate surface area is 187 Å². The molecule has 2 aliphatic rings. The van der Waals surface area contributed by atoms with Crippen LogP contribution < -0.4 is 9.47 Å². The van der Waals surface area contributed by atoms with Crippen molar-refractivity contribution in [3.05, 3.63) is 46.2 Å². The first kappa shape index (κ1) is 21.7. The molecule has 1 atom stereocenters. The van der Waals surface area contributed by atoms with Crippen molar-refractivity contribution in [1.82, 2.24) is 9.80 Å². The Kier molecular flexibility index (Phi) is 6.80. The van der Waals surface area contributed by atoms with Crippen LogP contribution in [0.5, 0.6) is 11.5 Å². The summed E-state index contributed by atoms with van der Waals surface area (Å²) in [6.07, 6.45) is 3.58. The number of ether oxygens (including phenoxy) is 2. The summed E-state index contributed by atoms with van der Waals surface area (Å²) in [6.45, 7) is 3.72. The smallest absolute Gasteiger partial charge is 0.242 e. The number of carbonyl (C=O) groups excluding carboxylic acids is 2. The van der Waals surface area contributed by atoms with Crippen molar-refractivity contribution in [3.8, 4) is 11.5 Å². The van der Waals surface area contributed by atoms with Gasteiger partial charge in [0, 0.05) is 30.5 Å². The second-order valence-corrected chi connectivity index (χ2v) is 9.21. The minimum Gasteiger partial charge on any atom is -0.497 e. The van der Waals surface area contributed by atoms with E-state index in [1.54, 1.807) is 23.3 Å². The molecule has 2 aromatic rings. The first-order valence-electron chi connectivity index (χ1n) is 11.0. The van der Waals surface area contributed by atoms with E-state index in [1.165, 1.54) is 4.88 Å². The third-order valence-corrected chi connectivity index (χ3v) is 7.02. The molecule has 4 rings (SSSR count). The molecule has 1 fully saturated rings. The van der Waals surface area contributed by atoms with Crippen LogP contribution in [-0.4, -0.2) is 55.0 Å². The summed E-state index contributed by atoms with van der Waals surface area (Å²) in [5, 5.41) is 2.08. The zero-order valence-electron chi connectivity index (χ0n) is 18.2. The number of thiophene rings is 1. The molecule has 0 saturated heterocycles. The number of fused-ring (bicyclic) bond motifs is 1. The zero-order valence-corrected chi connectivity index (χ0v) is 19.0. The number of amides is 2. The monoisotopic (exact) mass is 442 g/mol. The minimum absolute atomic E-state index is 0.00135. The van der Waals surface area contributed by atoms with E-state index in [0.717, 1.165) is 30.6 Å². The molecule has 0 spiro atoms. The van der Waals surface area contributed by atoms with Crippen LogP contribution in [0.3, 0.4) is 0 Å². The maximum atomic E-state index is 13.3. The molecule has 0 radical (unpaired) electrons. The summed E-state index contributed by atoms with van der Waals surface area (Å²) in [6, 6.07) is 9.44. The third kappa shape index (κ3) is 5.21. The third-order valence-electron chi connectivity index (χ3n) is 6.02. The molecule has 0 N–H and O–H groups in total. The van der Waals surface area contributed by atoms with E-state index in [0.29, 0.717) is 37.8 Å². The predicted octanol–water partition coefficient (Wildman–Crippen LogP) is 3.91. The summed E-state index contributed by atoms with van der Waals surface area (Å²) in [4.78, 5) is 30.7. The quantitative estimate of drug-likeness (QED) is 0.591. The molecule has 2 heterocycles. The highest BCUT2D eigenvalue weighted by atomic mass is 32.1.